The molecule has 10 heteroatoms. The van der Waals surface area contributed by atoms with Crippen LogP contribution in [0.4, 0.5) is 24.5 Å². The number of alkyl halides is 3. The van der Waals surface area contributed by atoms with E-state index in [1.54, 1.807) is 0 Å². The lowest BCUT2D eigenvalue weighted by atomic mass is 10.2. The van der Waals surface area contributed by atoms with E-state index in [0.29, 0.717) is 5.69 Å². The molecule has 0 atom stereocenters. The molecule has 1 saturated heterocycles. The zero-order chi connectivity index (χ0) is 24.0. The van der Waals surface area contributed by atoms with Crippen LogP contribution in [0.5, 0.6) is 0 Å². The maximum absolute atomic E-state index is 12.7. The molecule has 0 unspecified atom stereocenters. The van der Waals surface area contributed by atoms with E-state index in [1.165, 1.54) is 5.56 Å². The van der Waals surface area contributed by atoms with Crippen molar-refractivity contribution in [2.75, 3.05) is 42.1 Å². The average Bonchev–Trinajstić information content (AvgIpc) is 2.84. The van der Waals surface area contributed by atoms with E-state index in [-0.39, 0.29) is 16.8 Å². The third-order valence-electron chi connectivity index (χ3n) is 5.39. The van der Waals surface area contributed by atoms with Gasteiger partial charge in [-0.05, 0) is 35.9 Å². The summed E-state index contributed by atoms with van der Waals surface area (Å²) < 4.78 is 38.2. The highest BCUT2D eigenvalue weighted by atomic mass is 32.2. The van der Waals surface area contributed by atoms with Crippen molar-refractivity contribution in [2.24, 2.45) is 0 Å². The Morgan fingerprint density at radius 2 is 1.68 bits per heavy atom. The van der Waals surface area contributed by atoms with E-state index in [2.05, 4.69) is 49.4 Å². The molecule has 2 heterocycles. The maximum atomic E-state index is 12.7. The summed E-state index contributed by atoms with van der Waals surface area (Å²) >= 11 is 0.857. The molecule has 2 aromatic carbocycles. The van der Waals surface area contributed by atoms with Gasteiger partial charge in [-0.3, -0.25) is 9.69 Å². The van der Waals surface area contributed by atoms with E-state index < -0.39 is 11.9 Å². The molecule has 3 aromatic rings. The van der Waals surface area contributed by atoms with Crippen LogP contribution in [0.1, 0.15) is 11.3 Å². The Hall–Kier alpha value is -3.11. The molecule has 178 valence electrons. The first-order valence-electron chi connectivity index (χ1n) is 10.8. The first-order chi connectivity index (χ1) is 16.4. The predicted octanol–water partition coefficient (Wildman–Crippen LogP) is 4.55. The lowest BCUT2D eigenvalue weighted by molar-refractivity contribution is -0.141. The van der Waals surface area contributed by atoms with Crippen molar-refractivity contribution in [1.82, 2.24) is 14.9 Å². The second kappa shape index (κ2) is 10.9. The molecule has 0 aliphatic carbocycles. The number of hydrogen-bond donors (Lipinski definition) is 1. The summed E-state index contributed by atoms with van der Waals surface area (Å²) in [6, 6.07) is 18.8. The zero-order valence-electron chi connectivity index (χ0n) is 18.3. The number of benzene rings is 2. The monoisotopic (exact) mass is 487 g/mol. The molecule has 6 nitrogen and oxygen atoms in total. The highest BCUT2D eigenvalue weighted by Gasteiger charge is 2.32. The number of hydrogen-bond acceptors (Lipinski definition) is 6. The van der Waals surface area contributed by atoms with E-state index in [1.807, 2.05) is 30.3 Å². The fraction of sp³-hybridized carbons (Fsp3) is 0.292. The Kier molecular flexibility index (Phi) is 7.69. The minimum Gasteiger partial charge on any atom is -0.369 e. The van der Waals surface area contributed by atoms with Gasteiger partial charge in [0, 0.05) is 50.3 Å². The van der Waals surface area contributed by atoms with Gasteiger partial charge in [-0.15, -0.1) is 0 Å². The van der Waals surface area contributed by atoms with Crippen LogP contribution in [0.15, 0.2) is 72.0 Å². The molecular weight excluding hydrogens is 463 g/mol. The quantitative estimate of drug-likeness (QED) is 0.390. The molecule has 0 radical (unpaired) electrons. The molecule has 1 aliphatic heterocycles. The summed E-state index contributed by atoms with van der Waals surface area (Å²) in [6.07, 6.45) is -3.51. The Morgan fingerprint density at radius 1 is 0.971 bits per heavy atom. The van der Waals surface area contributed by atoms with Crippen molar-refractivity contribution < 1.29 is 18.0 Å². The number of anilines is 2. The van der Waals surface area contributed by atoms with Gasteiger partial charge in [0.1, 0.15) is 5.69 Å². The van der Waals surface area contributed by atoms with E-state index in [4.69, 9.17) is 0 Å². The normalized spacial score (nSPS) is 14.7. The number of piperazine rings is 1. The number of amides is 1. The van der Waals surface area contributed by atoms with E-state index >= 15 is 0 Å². The summed E-state index contributed by atoms with van der Waals surface area (Å²) in [5, 5.41) is 2.67. The first-order valence-corrected chi connectivity index (χ1v) is 11.8. The van der Waals surface area contributed by atoms with Crippen LogP contribution in [0.25, 0.3) is 0 Å². The molecule has 1 aliphatic rings. The van der Waals surface area contributed by atoms with Gasteiger partial charge in [0.15, 0.2) is 5.16 Å². The molecule has 0 bridgehead atoms. The van der Waals surface area contributed by atoms with E-state index in [0.717, 1.165) is 62.4 Å². The van der Waals surface area contributed by atoms with Gasteiger partial charge in [0.05, 0.1) is 5.75 Å². The van der Waals surface area contributed by atoms with Crippen LogP contribution < -0.4 is 10.2 Å². The summed E-state index contributed by atoms with van der Waals surface area (Å²) in [5.41, 5.74) is 2.00. The van der Waals surface area contributed by atoms with Gasteiger partial charge in [-0.1, -0.05) is 42.1 Å². The number of nitrogens with one attached hydrogen (secondary N) is 1. The highest BCUT2D eigenvalue weighted by Crippen LogP contribution is 2.28. The van der Waals surface area contributed by atoms with Gasteiger partial charge < -0.3 is 10.2 Å². The Balaban J connectivity index is 1.23. The number of carbonyl (C=O) groups excluding carboxylic acids is 1. The van der Waals surface area contributed by atoms with Crippen molar-refractivity contribution in [3.63, 3.8) is 0 Å². The Bertz CT molecular complexity index is 1090. The first kappa shape index (κ1) is 24.0. The lowest BCUT2D eigenvalue weighted by Crippen LogP contribution is -2.45. The fourth-order valence-electron chi connectivity index (χ4n) is 3.66. The van der Waals surface area contributed by atoms with Crippen molar-refractivity contribution in [3.05, 3.63) is 78.1 Å². The van der Waals surface area contributed by atoms with Gasteiger partial charge in [-0.2, -0.15) is 13.2 Å². The largest absolute Gasteiger partial charge is 0.433 e. The number of halogens is 3. The molecule has 34 heavy (non-hydrogen) atoms. The highest BCUT2D eigenvalue weighted by molar-refractivity contribution is 7.99. The molecule has 1 N–H and O–H groups in total. The molecular formula is C24H24F3N5OS. The SMILES string of the molecule is O=C(CSc1nccc(C(F)(F)F)n1)Nc1ccc(N2CCN(Cc3ccccc3)CC2)cc1. The molecule has 1 fully saturated rings. The number of rotatable bonds is 7. The Labute approximate surface area is 200 Å². The van der Waals surface area contributed by atoms with Gasteiger partial charge in [-0.25, -0.2) is 9.97 Å². The predicted molar refractivity (Wildman–Crippen MR) is 127 cm³/mol. The van der Waals surface area contributed by atoms with Crippen LogP contribution in [-0.4, -0.2) is 52.7 Å². The molecule has 1 amide bonds. The van der Waals surface area contributed by atoms with Crippen molar-refractivity contribution in [1.29, 1.82) is 0 Å². The third-order valence-corrected chi connectivity index (χ3v) is 6.26. The smallest absolute Gasteiger partial charge is 0.369 e. The van der Waals surface area contributed by atoms with Crippen LogP contribution in [0.2, 0.25) is 0 Å². The van der Waals surface area contributed by atoms with Crippen molar-refractivity contribution in [2.45, 2.75) is 17.9 Å². The number of thioether (sulfide) groups is 1. The van der Waals surface area contributed by atoms with Crippen LogP contribution in [0.3, 0.4) is 0 Å². The molecule has 1 aromatic heterocycles. The Morgan fingerprint density at radius 3 is 2.35 bits per heavy atom. The second-order valence-electron chi connectivity index (χ2n) is 7.85. The fourth-order valence-corrected chi connectivity index (χ4v) is 4.29. The maximum Gasteiger partial charge on any atom is 0.433 e. The van der Waals surface area contributed by atoms with Crippen LogP contribution in [0, 0.1) is 0 Å². The summed E-state index contributed by atoms with van der Waals surface area (Å²) in [4.78, 5) is 24.2. The second-order valence-corrected chi connectivity index (χ2v) is 8.80. The van der Waals surface area contributed by atoms with Gasteiger partial charge in [0.25, 0.3) is 0 Å². The number of carbonyl (C=O) groups is 1. The summed E-state index contributed by atoms with van der Waals surface area (Å²) in [5.74, 6) is -0.430. The topological polar surface area (TPSA) is 61.4 Å². The minimum absolute atomic E-state index is 0.0908. The molecule has 0 saturated carbocycles. The third kappa shape index (κ3) is 6.71. The number of nitrogens with zero attached hydrogens (tertiary/aromatic N) is 4. The van der Waals surface area contributed by atoms with Crippen LogP contribution in [-0.2, 0) is 17.5 Å². The minimum atomic E-state index is -4.54. The molecule has 0 spiro atoms. The van der Waals surface area contributed by atoms with Gasteiger partial charge in [0.2, 0.25) is 5.91 Å². The van der Waals surface area contributed by atoms with Gasteiger partial charge >= 0.3 is 6.18 Å². The number of aromatic nitrogens is 2. The lowest BCUT2D eigenvalue weighted by Gasteiger charge is -2.36. The average molecular weight is 488 g/mol. The standard InChI is InChI=1S/C24H24F3N5OS/c25-24(26,27)21-10-11-28-23(30-21)34-17-22(33)29-19-6-8-20(9-7-19)32-14-12-31(13-15-32)16-18-4-2-1-3-5-18/h1-11H,12-17H2,(H,29,33). The van der Waals surface area contributed by atoms with E-state index in [9.17, 15) is 18.0 Å². The van der Waals surface area contributed by atoms with Crippen LogP contribution >= 0.6 is 11.8 Å². The summed E-state index contributed by atoms with van der Waals surface area (Å²) in [7, 11) is 0. The van der Waals surface area contributed by atoms with Crippen molar-refractivity contribution in [3.8, 4) is 0 Å². The molecule has 4 rings (SSSR count). The zero-order valence-corrected chi connectivity index (χ0v) is 19.1. The summed E-state index contributed by atoms with van der Waals surface area (Å²) in [6.45, 7) is 4.74. The van der Waals surface area contributed by atoms with Crippen molar-refractivity contribution >= 4 is 29.0 Å².